The number of rotatable bonds is 5. The van der Waals surface area contributed by atoms with Gasteiger partial charge in [-0.15, -0.1) is 0 Å². The van der Waals surface area contributed by atoms with Gasteiger partial charge in [0, 0.05) is 17.7 Å². The molecule has 0 fully saturated rings. The molecule has 3 heteroatoms. The van der Waals surface area contributed by atoms with E-state index in [0.29, 0.717) is 29.3 Å². The SMILES string of the molecule is CCC(C)CC(=O)c1cc(OC)ccc1N. The molecule has 0 spiro atoms. The first-order valence-electron chi connectivity index (χ1n) is 5.55. The molecule has 2 N–H and O–H groups in total. The number of carbonyl (C=O) groups is 1. The van der Waals surface area contributed by atoms with Gasteiger partial charge in [0.05, 0.1) is 7.11 Å². The quantitative estimate of drug-likeness (QED) is 0.614. The number of ether oxygens (including phenoxy) is 1. The molecule has 0 aliphatic heterocycles. The Morgan fingerprint density at radius 1 is 1.50 bits per heavy atom. The molecule has 1 rings (SSSR count). The number of nitrogen functional groups attached to an aromatic ring is 1. The van der Waals surface area contributed by atoms with Crippen LogP contribution in [0.5, 0.6) is 5.75 Å². The van der Waals surface area contributed by atoms with Gasteiger partial charge >= 0.3 is 0 Å². The van der Waals surface area contributed by atoms with Crippen LogP contribution in [0, 0.1) is 5.92 Å². The number of methoxy groups -OCH3 is 1. The summed E-state index contributed by atoms with van der Waals surface area (Å²) in [5, 5.41) is 0. The Bertz CT molecular complexity index is 374. The first-order valence-corrected chi connectivity index (χ1v) is 5.55. The van der Waals surface area contributed by atoms with Crippen LogP contribution in [0.25, 0.3) is 0 Å². The third-order valence-corrected chi connectivity index (χ3v) is 2.79. The molecule has 16 heavy (non-hydrogen) atoms. The van der Waals surface area contributed by atoms with Crippen molar-refractivity contribution in [1.82, 2.24) is 0 Å². The van der Waals surface area contributed by atoms with Crippen LogP contribution in [0.15, 0.2) is 18.2 Å². The van der Waals surface area contributed by atoms with Gasteiger partial charge in [0.25, 0.3) is 0 Å². The molecule has 0 saturated heterocycles. The lowest BCUT2D eigenvalue weighted by Crippen LogP contribution is -2.08. The minimum atomic E-state index is 0.0887. The smallest absolute Gasteiger partial charge is 0.165 e. The monoisotopic (exact) mass is 221 g/mol. The van der Waals surface area contributed by atoms with E-state index in [-0.39, 0.29) is 5.78 Å². The maximum absolute atomic E-state index is 12.0. The lowest BCUT2D eigenvalue weighted by atomic mass is 9.97. The number of ketones is 1. The van der Waals surface area contributed by atoms with Crippen LogP contribution in [0.2, 0.25) is 0 Å². The highest BCUT2D eigenvalue weighted by Crippen LogP contribution is 2.22. The summed E-state index contributed by atoms with van der Waals surface area (Å²) in [6.45, 7) is 4.14. The minimum absolute atomic E-state index is 0.0887. The number of anilines is 1. The van der Waals surface area contributed by atoms with E-state index in [9.17, 15) is 4.79 Å². The van der Waals surface area contributed by atoms with Gasteiger partial charge in [0.2, 0.25) is 0 Å². The van der Waals surface area contributed by atoms with Crippen LogP contribution in [0.3, 0.4) is 0 Å². The molecular formula is C13H19NO2. The molecule has 1 aromatic carbocycles. The Kier molecular flexibility index (Phi) is 4.35. The molecule has 0 heterocycles. The maximum atomic E-state index is 12.0. The molecule has 1 aromatic rings. The highest BCUT2D eigenvalue weighted by molar-refractivity contribution is 6.01. The van der Waals surface area contributed by atoms with Gasteiger partial charge in [-0.25, -0.2) is 0 Å². The van der Waals surface area contributed by atoms with Crippen molar-refractivity contribution in [3.05, 3.63) is 23.8 Å². The Morgan fingerprint density at radius 2 is 2.19 bits per heavy atom. The van der Waals surface area contributed by atoms with Crippen LogP contribution in [0.1, 0.15) is 37.0 Å². The van der Waals surface area contributed by atoms with Gasteiger partial charge in [-0.2, -0.15) is 0 Å². The van der Waals surface area contributed by atoms with Crippen LogP contribution in [-0.4, -0.2) is 12.9 Å². The van der Waals surface area contributed by atoms with Crippen molar-refractivity contribution in [3.8, 4) is 5.75 Å². The second-order valence-electron chi connectivity index (χ2n) is 4.09. The zero-order chi connectivity index (χ0) is 12.1. The molecule has 3 nitrogen and oxygen atoms in total. The van der Waals surface area contributed by atoms with E-state index in [0.717, 1.165) is 6.42 Å². The minimum Gasteiger partial charge on any atom is -0.497 e. The Labute approximate surface area is 96.6 Å². The highest BCUT2D eigenvalue weighted by Gasteiger charge is 2.13. The standard InChI is InChI=1S/C13H19NO2/c1-4-9(2)7-13(15)11-8-10(16-3)5-6-12(11)14/h5-6,8-9H,4,7,14H2,1-3H3. The summed E-state index contributed by atoms with van der Waals surface area (Å²) in [6.07, 6.45) is 1.53. The van der Waals surface area contributed by atoms with Gasteiger partial charge in [0.15, 0.2) is 5.78 Å². The fourth-order valence-corrected chi connectivity index (χ4v) is 1.47. The third-order valence-electron chi connectivity index (χ3n) is 2.79. The number of nitrogens with two attached hydrogens (primary N) is 1. The van der Waals surface area contributed by atoms with E-state index in [1.165, 1.54) is 0 Å². The van der Waals surface area contributed by atoms with E-state index >= 15 is 0 Å². The zero-order valence-corrected chi connectivity index (χ0v) is 10.1. The molecule has 0 amide bonds. The molecule has 88 valence electrons. The topological polar surface area (TPSA) is 52.3 Å². The molecular weight excluding hydrogens is 202 g/mol. The number of hydrogen-bond donors (Lipinski definition) is 1. The first-order chi connectivity index (χ1) is 7.58. The molecule has 1 atom stereocenters. The first kappa shape index (κ1) is 12.6. The second kappa shape index (κ2) is 5.54. The van der Waals surface area contributed by atoms with Gasteiger partial charge in [-0.3, -0.25) is 4.79 Å². The number of Topliss-reactive ketones (excluding diaryl/α,β-unsaturated/α-hetero) is 1. The van der Waals surface area contributed by atoms with Gasteiger partial charge in [0.1, 0.15) is 5.75 Å². The Balaban J connectivity index is 2.89. The number of benzene rings is 1. The van der Waals surface area contributed by atoms with Gasteiger partial charge < -0.3 is 10.5 Å². The number of carbonyl (C=O) groups excluding carboxylic acids is 1. The van der Waals surface area contributed by atoms with Crippen molar-refractivity contribution in [3.63, 3.8) is 0 Å². The van der Waals surface area contributed by atoms with E-state index in [4.69, 9.17) is 10.5 Å². The predicted octanol–water partition coefficient (Wildman–Crippen LogP) is 2.90. The number of hydrogen-bond acceptors (Lipinski definition) is 3. The van der Waals surface area contributed by atoms with E-state index in [1.807, 2.05) is 0 Å². The van der Waals surface area contributed by atoms with E-state index in [1.54, 1.807) is 25.3 Å². The predicted molar refractivity (Wildman–Crippen MR) is 65.8 cm³/mol. The largest absolute Gasteiger partial charge is 0.497 e. The van der Waals surface area contributed by atoms with Gasteiger partial charge in [-0.1, -0.05) is 20.3 Å². The van der Waals surface area contributed by atoms with Crippen molar-refractivity contribution >= 4 is 11.5 Å². The fraction of sp³-hybridized carbons (Fsp3) is 0.462. The van der Waals surface area contributed by atoms with Crippen LogP contribution < -0.4 is 10.5 Å². The van der Waals surface area contributed by atoms with Crippen LogP contribution >= 0.6 is 0 Å². The lowest BCUT2D eigenvalue weighted by Gasteiger charge is -2.10. The summed E-state index contributed by atoms with van der Waals surface area (Å²) < 4.78 is 5.08. The highest BCUT2D eigenvalue weighted by atomic mass is 16.5. The lowest BCUT2D eigenvalue weighted by molar-refractivity contribution is 0.0964. The molecule has 0 aromatic heterocycles. The van der Waals surface area contributed by atoms with Crippen molar-refractivity contribution < 1.29 is 9.53 Å². The summed E-state index contributed by atoms with van der Waals surface area (Å²) in [4.78, 5) is 12.0. The van der Waals surface area contributed by atoms with E-state index < -0.39 is 0 Å². The van der Waals surface area contributed by atoms with Gasteiger partial charge in [-0.05, 0) is 24.1 Å². The third kappa shape index (κ3) is 2.99. The average molecular weight is 221 g/mol. The summed E-state index contributed by atoms with van der Waals surface area (Å²) >= 11 is 0. The Morgan fingerprint density at radius 3 is 2.75 bits per heavy atom. The van der Waals surface area contributed by atoms with Crippen molar-refractivity contribution in [1.29, 1.82) is 0 Å². The summed E-state index contributed by atoms with van der Waals surface area (Å²) in [5.41, 5.74) is 6.88. The maximum Gasteiger partial charge on any atom is 0.165 e. The average Bonchev–Trinajstić information content (AvgIpc) is 2.29. The molecule has 0 saturated carbocycles. The molecule has 0 aliphatic carbocycles. The van der Waals surface area contributed by atoms with E-state index in [2.05, 4.69) is 13.8 Å². The molecule has 0 bridgehead atoms. The summed E-state index contributed by atoms with van der Waals surface area (Å²) in [7, 11) is 1.58. The fourth-order valence-electron chi connectivity index (χ4n) is 1.47. The normalized spacial score (nSPS) is 12.2. The van der Waals surface area contributed by atoms with Crippen molar-refractivity contribution in [2.45, 2.75) is 26.7 Å². The van der Waals surface area contributed by atoms with Crippen molar-refractivity contribution in [2.75, 3.05) is 12.8 Å². The van der Waals surface area contributed by atoms with Crippen LogP contribution in [0.4, 0.5) is 5.69 Å². The summed E-state index contributed by atoms with van der Waals surface area (Å²) in [5.74, 6) is 1.14. The Hall–Kier alpha value is -1.51. The second-order valence-corrected chi connectivity index (χ2v) is 4.09. The van der Waals surface area contributed by atoms with Crippen molar-refractivity contribution in [2.24, 2.45) is 5.92 Å². The molecule has 0 aliphatic rings. The summed E-state index contributed by atoms with van der Waals surface area (Å²) in [6, 6.07) is 5.18. The zero-order valence-electron chi connectivity index (χ0n) is 10.1. The molecule has 1 unspecified atom stereocenters. The molecule has 0 radical (unpaired) electrons. The van der Waals surface area contributed by atoms with Crippen LogP contribution in [-0.2, 0) is 0 Å².